The topological polar surface area (TPSA) is 58.2 Å². The lowest BCUT2D eigenvalue weighted by Crippen LogP contribution is -2.13. The van der Waals surface area contributed by atoms with E-state index in [1.807, 2.05) is 66.0 Å². The molecule has 0 saturated carbocycles. The first-order chi connectivity index (χ1) is 12.2. The van der Waals surface area contributed by atoms with E-state index < -0.39 is 0 Å². The maximum absolute atomic E-state index is 12.0. The fourth-order valence-electron chi connectivity index (χ4n) is 2.10. The number of para-hydroxylation sites is 1. The molecule has 0 radical (unpaired) electrons. The molecule has 0 fully saturated rings. The summed E-state index contributed by atoms with van der Waals surface area (Å²) in [5.41, 5.74) is 1.52. The maximum atomic E-state index is 12.0. The summed E-state index contributed by atoms with van der Waals surface area (Å²) in [5, 5.41) is 7.57. The van der Waals surface area contributed by atoms with Gasteiger partial charge in [-0.3, -0.25) is 9.59 Å². The quantitative estimate of drug-likeness (QED) is 0.618. The van der Waals surface area contributed by atoms with Crippen LogP contribution in [0.3, 0.4) is 0 Å². The molecule has 2 N–H and O–H groups in total. The maximum Gasteiger partial charge on any atom is 0.265 e. The van der Waals surface area contributed by atoms with E-state index in [2.05, 4.69) is 10.6 Å². The van der Waals surface area contributed by atoms with E-state index in [0.717, 1.165) is 16.3 Å². The molecule has 0 bridgehead atoms. The lowest BCUT2D eigenvalue weighted by molar-refractivity contribution is -0.113. The Hall–Kier alpha value is -2.57. The highest BCUT2D eigenvalue weighted by atomic mass is 32.2. The van der Waals surface area contributed by atoms with E-state index in [0.29, 0.717) is 10.6 Å². The van der Waals surface area contributed by atoms with Crippen LogP contribution in [0.2, 0.25) is 0 Å². The molecule has 0 spiro atoms. The lowest BCUT2D eigenvalue weighted by atomic mass is 10.3. The second-order valence-electron chi connectivity index (χ2n) is 5.16. The molecule has 6 heteroatoms. The average Bonchev–Trinajstić information content (AvgIpc) is 3.17. The van der Waals surface area contributed by atoms with Crippen molar-refractivity contribution in [2.24, 2.45) is 0 Å². The molecule has 0 saturated heterocycles. The van der Waals surface area contributed by atoms with Crippen molar-refractivity contribution in [1.29, 1.82) is 0 Å². The molecule has 2 amide bonds. The Kier molecular flexibility index (Phi) is 5.87. The first kappa shape index (κ1) is 17.3. The van der Waals surface area contributed by atoms with Crippen LogP contribution in [0.4, 0.5) is 11.4 Å². The zero-order valence-corrected chi connectivity index (χ0v) is 14.9. The number of rotatable bonds is 6. The van der Waals surface area contributed by atoms with E-state index in [1.54, 1.807) is 6.07 Å². The van der Waals surface area contributed by atoms with Gasteiger partial charge in [-0.2, -0.15) is 0 Å². The summed E-state index contributed by atoms with van der Waals surface area (Å²) in [6, 6.07) is 20.5. The number of amides is 2. The van der Waals surface area contributed by atoms with E-state index in [4.69, 9.17) is 0 Å². The van der Waals surface area contributed by atoms with Crippen LogP contribution >= 0.6 is 23.1 Å². The largest absolute Gasteiger partial charge is 0.325 e. The van der Waals surface area contributed by atoms with Gasteiger partial charge in [-0.05, 0) is 47.8 Å². The first-order valence-corrected chi connectivity index (χ1v) is 9.50. The van der Waals surface area contributed by atoms with Crippen molar-refractivity contribution in [3.8, 4) is 0 Å². The number of hydrogen-bond donors (Lipinski definition) is 2. The molecule has 2 aromatic carbocycles. The number of thiophene rings is 1. The van der Waals surface area contributed by atoms with Crippen LogP contribution in [-0.4, -0.2) is 17.6 Å². The van der Waals surface area contributed by atoms with E-state index >= 15 is 0 Å². The monoisotopic (exact) mass is 368 g/mol. The van der Waals surface area contributed by atoms with Crippen molar-refractivity contribution >= 4 is 46.3 Å². The molecule has 1 aromatic heterocycles. The number of carbonyl (C=O) groups excluding carboxylic acids is 2. The molecule has 0 aliphatic heterocycles. The van der Waals surface area contributed by atoms with Gasteiger partial charge in [0.1, 0.15) is 0 Å². The molecule has 0 aliphatic rings. The summed E-state index contributed by atoms with van der Waals surface area (Å²) in [7, 11) is 0. The van der Waals surface area contributed by atoms with Gasteiger partial charge in [-0.1, -0.05) is 24.3 Å². The molecule has 1 heterocycles. The minimum absolute atomic E-state index is 0.0497. The normalized spacial score (nSPS) is 10.2. The van der Waals surface area contributed by atoms with Crippen molar-refractivity contribution in [3.63, 3.8) is 0 Å². The molecule has 0 unspecified atom stereocenters. The SMILES string of the molecule is O=C(CSc1ccc(NC(=O)c2cccs2)cc1)Nc1ccccc1. The zero-order valence-electron chi connectivity index (χ0n) is 13.3. The molecule has 0 aliphatic carbocycles. The number of anilines is 2. The van der Waals surface area contributed by atoms with Crippen LogP contribution < -0.4 is 10.6 Å². The molecule has 25 heavy (non-hydrogen) atoms. The molecule has 3 rings (SSSR count). The van der Waals surface area contributed by atoms with Gasteiger partial charge in [0.05, 0.1) is 10.6 Å². The highest BCUT2D eigenvalue weighted by Gasteiger charge is 2.07. The van der Waals surface area contributed by atoms with E-state index in [1.165, 1.54) is 23.1 Å². The fourth-order valence-corrected chi connectivity index (χ4v) is 3.42. The summed E-state index contributed by atoms with van der Waals surface area (Å²) in [6.45, 7) is 0. The van der Waals surface area contributed by atoms with Crippen LogP contribution in [-0.2, 0) is 4.79 Å². The van der Waals surface area contributed by atoms with E-state index in [9.17, 15) is 9.59 Å². The molecular formula is C19H16N2O2S2. The number of hydrogen-bond acceptors (Lipinski definition) is 4. The van der Waals surface area contributed by atoms with Crippen molar-refractivity contribution in [3.05, 3.63) is 77.0 Å². The van der Waals surface area contributed by atoms with Crippen LogP contribution in [0.5, 0.6) is 0 Å². The zero-order chi connectivity index (χ0) is 17.5. The van der Waals surface area contributed by atoms with Crippen molar-refractivity contribution in [2.75, 3.05) is 16.4 Å². The van der Waals surface area contributed by atoms with Crippen LogP contribution in [0.25, 0.3) is 0 Å². The third-order valence-corrected chi connectivity index (χ3v) is 5.17. The minimum atomic E-state index is -0.113. The van der Waals surface area contributed by atoms with Crippen LogP contribution in [0, 0.1) is 0 Å². The predicted octanol–water partition coefficient (Wildman–Crippen LogP) is 4.73. The van der Waals surface area contributed by atoms with Crippen molar-refractivity contribution in [2.45, 2.75) is 4.90 Å². The molecule has 126 valence electrons. The van der Waals surface area contributed by atoms with Gasteiger partial charge in [-0.25, -0.2) is 0 Å². The van der Waals surface area contributed by atoms with Gasteiger partial charge in [-0.15, -0.1) is 23.1 Å². The highest BCUT2D eigenvalue weighted by molar-refractivity contribution is 8.00. The van der Waals surface area contributed by atoms with Gasteiger partial charge in [0, 0.05) is 16.3 Å². The van der Waals surface area contributed by atoms with Crippen LogP contribution in [0.15, 0.2) is 77.0 Å². The molecule has 4 nitrogen and oxygen atoms in total. The molecule has 0 atom stereocenters. The third kappa shape index (κ3) is 5.20. The number of thioether (sulfide) groups is 1. The fraction of sp³-hybridized carbons (Fsp3) is 0.0526. The predicted molar refractivity (Wildman–Crippen MR) is 105 cm³/mol. The van der Waals surface area contributed by atoms with Crippen molar-refractivity contribution < 1.29 is 9.59 Å². The lowest BCUT2D eigenvalue weighted by Gasteiger charge is -2.06. The summed E-state index contributed by atoms with van der Waals surface area (Å²) in [6.07, 6.45) is 0. The standard InChI is InChI=1S/C19H16N2O2S2/c22-18(20-14-5-2-1-3-6-14)13-25-16-10-8-15(9-11-16)21-19(23)17-7-4-12-24-17/h1-12H,13H2,(H,20,22)(H,21,23). The Morgan fingerprint density at radius 1 is 0.840 bits per heavy atom. The summed E-state index contributed by atoms with van der Waals surface area (Å²) < 4.78 is 0. The van der Waals surface area contributed by atoms with Gasteiger partial charge < -0.3 is 10.6 Å². The summed E-state index contributed by atoms with van der Waals surface area (Å²) in [5.74, 6) is 0.166. The highest BCUT2D eigenvalue weighted by Crippen LogP contribution is 2.21. The van der Waals surface area contributed by atoms with E-state index in [-0.39, 0.29) is 11.8 Å². The minimum Gasteiger partial charge on any atom is -0.325 e. The summed E-state index contributed by atoms with van der Waals surface area (Å²) in [4.78, 5) is 25.6. The molecule has 3 aromatic rings. The van der Waals surface area contributed by atoms with Gasteiger partial charge in [0.15, 0.2) is 0 Å². The summed E-state index contributed by atoms with van der Waals surface area (Å²) >= 11 is 2.86. The van der Waals surface area contributed by atoms with Gasteiger partial charge in [0.2, 0.25) is 5.91 Å². The number of benzene rings is 2. The van der Waals surface area contributed by atoms with Gasteiger partial charge >= 0.3 is 0 Å². The number of nitrogens with one attached hydrogen (secondary N) is 2. The molecular weight excluding hydrogens is 352 g/mol. The Labute approximate surface area is 154 Å². The smallest absolute Gasteiger partial charge is 0.265 e. The Balaban J connectivity index is 1.49. The second kappa shape index (κ2) is 8.50. The van der Waals surface area contributed by atoms with Gasteiger partial charge in [0.25, 0.3) is 5.91 Å². The average molecular weight is 368 g/mol. The Morgan fingerprint density at radius 3 is 2.24 bits per heavy atom. The first-order valence-electron chi connectivity index (χ1n) is 7.63. The number of carbonyl (C=O) groups is 2. The van der Waals surface area contributed by atoms with Crippen molar-refractivity contribution in [1.82, 2.24) is 0 Å². The van der Waals surface area contributed by atoms with Crippen LogP contribution in [0.1, 0.15) is 9.67 Å². The Bertz CT molecular complexity index is 832. The second-order valence-corrected chi connectivity index (χ2v) is 7.16. The Morgan fingerprint density at radius 2 is 1.56 bits per heavy atom. The third-order valence-electron chi connectivity index (χ3n) is 3.28.